The summed E-state index contributed by atoms with van der Waals surface area (Å²) in [5, 5.41) is 0. The van der Waals surface area contributed by atoms with Crippen molar-refractivity contribution in [3.63, 3.8) is 0 Å². The molecule has 0 aromatic rings. The molecule has 0 spiro atoms. The molecule has 0 amide bonds. The molecule has 0 N–H and O–H groups in total. The molecule has 0 atom stereocenters. The van der Waals surface area contributed by atoms with E-state index in [1.54, 1.807) is 0 Å². The molecule has 0 saturated carbocycles. The van der Waals surface area contributed by atoms with Gasteiger partial charge in [0.05, 0.1) is 0 Å². The molecule has 0 aliphatic carbocycles. The molecule has 0 rings (SSSR count). The fourth-order valence-electron chi connectivity index (χ4n) is 3.62. The fraction of sp³-hybridized carbons (Fsp3) is 0.920. The van der Waals surface area contributed by atoms with E-state index in [-0.39, 0.29) is 0 Å². The highest BCUT2D eigenvalue weighted by Gasteiger charge is 2.15. The molecule has 0 saturated heterocycles. The van der Waals surface area contributed by atoms with Crippen LogP contribution in [0.2, 0.25) is 0 Å². The minimum atomic E-state index is 0.530. The van der Waals surface area contributed by atoms with Gasteiger partial charge in [-0.05, 0) is 43.4 Å². The van der Waals surface area contributed by atoms with Crippen LogP contribution in [-0.2, 0) is 0 Å². The standard InChI is InChI=1S/C25H50/c1-7-8-18-22-25(5,6)23-20-17-15-13-11-9-10-12-14-16-19-21-24(2,3)4/h7-8H,9-23H2,1-6H3/b8-7+. The van der Waals surface area contributed by atoms with Gasteiger partial charge in [0.1, 0.15) is 0 Å². The number of unbranched alkanes of at least 4 members (excludes halogenated alkanes) is 10. The molecule has 0 aromatic heterocycles. The Hall–Kier alpha value is -0.260. The van der Waals surface area contributed by atoms with Crippen molar-refractivity contribution >= 4 is 0 Å². The number of allylic oxidation sites excluding steroid dienone is 2. The van der Waals surface area contributed by atoms with Crippen LogP contribution in [0, 0.1) is 10.8 Å². The maximum atomic E-state index is 2.44. The van der Waals surface area contributed by atoms with Gasteiger partial charge in [-0.15, -0.1) is 0 Å². The van der Waals surface area contributed by atoms with Gasteiger partial charge in [-0.2, -0.15) is 0 Å². The van der Waals surface area contributed by atoms with E-state index in [2.05, 4.69) is 53.7 Å². The van der Waals surface area contributed by atoms with Gasteiger partial charge in [-0.1, -0.05) is 117 Å². The zero-order valence-corrected chi connectivity index (χ0v) is 18.8. The molecular weight excluding hydrogens is 300 g/mol. The highest BCUT2D eigenvalue weighted by molar-refractivity contribution is 4.80. The Balaban J connectivity index is 3.28. The van der Waals surface area contributed by atoms with Crippen molar-refractivity contribution in [3.8, 4) is 0 Å². The van der Waals surface area contributed by atoms with E-state index in [4.69, 9.17) is 0 Å². The average Bonchev–Trinajstić information content (AvgIpc) is 2.51. The van der Waals surface area contributed by atoms with E-state index in [0.29, 0.717) is 10.8 Å². The van der Waals surface area contributed by atoms with Crippen LogP contribution in [0.25, 0.3) is 0 Å². The second kappa shape index (κ2) is 14.9. The van der Waals surface area contributed by atoms with Crippen LogP contribution < -0.4 is 0 Å². The lowest BCUT2D eigenvalue weighted by Gasteiger charge is -2.23. The van der Waals surface area contributed by atoms with E-state index >= 15 is 0 Å². The van der Waals surface area contributed by atoms with Crippen LogP contribution in [0.5, 0.6) is 0 Å². The van der Waals surface area contributed by atoms with Crippen LogP contribution in [0.15, 0.2) is 12.2 Å². The summed E-state index contributed by atoms with van der Waals surface area (Å²) in [6.45, 7) is 14.1. The first-order valence-electron chi connectivity index (χ1n) is 11.4. The molecule has 0 radical (unpaired) electrons. The molecule has 0 aliphatic rings. The molecule has 0 aliphatic heterocycles. The Morgan fingerprint density at radius 1 is 0.520 bits per heavy atom. The Morgan fingerprint density at radius 3 is 1.32 bits per heavy atom. The summed E-state index contributed by atoms with van der Waals surface area (Å²) >= 11 is 0. The monoisotopic (exact) mass is 350 g/mol. The van der Waals surface area contributed by atoms with Gasteiger partial charge in [0.15, 0.2) is 0 Å². The van der Waals surface area contributed by atoms with Gasteiger partial charge >= 0.3 is 0 Å². The second-order valence-electron chi connectivity index (χ2n) is 10.2. The highest BCUT2D eigenvalue weighted by atomic mass is 14.2. The van der Waals surface area contributed by atoms with Crippen molar-refractivity contribution in [3.05, 3.63) is 12.2 Å². The molecule has 0 heteroatoms. The van der Waals surface area contributed by atoms with E-state index in [0.717, 1.165) is 0 Å². The van der Waals surface area contributed by atoms with E-state index in [1.807, 2.05) is 0 Å². The summed E-state index contributed by atoms with van der Waals surface area (Å²) in [7, 11) is 0. The van der Waals surface area contributed by atoms with Crippen LogP contribution in [0.1, 0.15) is 138 Å². The third kappa shape index (κ3) is 19.9. The summed E-state index contributed by atoms with van der Waals surface area (Å²) in [5.41, 5.74) is 1.06. The highest BCUT2D eigenvalue weighted by Crippen LogP contribution is 2.29. The fourth-order valence-corrected chi connectivity index (χ4v) is 3.62. The molecule has 0 nitrogen and oxygen atoms in total. The normalized spacial score (nSPS) is 13.0. The summed E-state index contributed by atoms with van der Waals surface area (Å²) in [4.78, 5) is 0. The summed E-state index contributed by atoms with van der Waals surface area (Å²) < 4.78 is 0. The first-order chi connectivity index (χ1) is 11.8. The maximum Gasteiger partial charge on any atom is -0.0346 e. The third-order valence-electron chi connectivity index (χ3n) is 5.50. The van der Waals surface area contributed by atoms with Crippen molar-refractivity contribution in [1.29, 1.82) is 0 Å². The lowest BCUT2D eigenvalue weighted by Crippen LogP contribution is -2.10. The van der Waals surface area contributed by atoms with Gasteiger partial charge in [-0.25, -0.2) is 0 Å². The molecule has 0 unspecified atom stereocenters. The zero-order chi connectivity index (χ0) is 19.0. The van der Waals surface area contributed by atoms with Crippen LogP contribution in [-0.4, -0.2) is 0 Å². The quantitative estimate of drug-likeness (QED) is 0.192. The van der Waals surface area contributed by atoms with Crippen LogP contribution in [0.3, 0.4) is 0 Å². The van der Waals surface area contributed by atoms with Gasteiger partial charge in [-0.3, -0.25) is 0 Å². The van der Waals surface area contributed by atoms with E-state index in [1.165, 1.54) is 96.3 Å². The number of hydrogen-bond donors (Lipinski definition) is 0. The van der Waals surface area contributed by atoms with Crippen molar-refractivity contribution in [1.82, 2.24) is 0 Å². The smallest absolute Gasteiger partial charge is 0.0346 e. The molecule has 0 heterocycles. The minimum absolute atomic E-state index is 0.530. The molecule has 150 valence electrons. The lowest BCUT2D eigenvalue weighted by atomic mass is 9.82. The SMILES string of the molecule is C/C=C/CCC(C)(C)CCCCCCCCCCCCCC(C)(C)C. The largest absolute Gasteiger partial charge is 0.0917 e. The average molecular weight is 351 g/mol. The van der Waals surface area contributed by atoms with E-state index < -0.39 is 0 Å². The molecule has 0 fully saturated rings. The van der Waals surface area contributed by atoms with Gasteiger partial charge in [0.2, 0.25) is 0 Å². The van der Waals surface area contributed by atoms with Gasteiger partial charge < -0.3 is 0 Å². The van der Waals surface area contributed by atoms with Crippen molar-refractivity contribution in [2.75, 3.05) is 0 Å². The number of hydrogen-bond acceptors (Lipinski definition) is 0. The molecule has 0 bridgehead atoms. The lowest BCUT2D eigenvalue weighted by molar-refractivity contribution is 0.296. The summed E-state index contributed by atoms with van der Waals surface area (Å²) in [6, 6.07) is 0. The zero-order valence-electron chi connectivity index (χ0n) is 18.8. The molecule has 0 aromatic carbocycles. The molecular formula is C25H50. The van der Waals surface area contributed by atoms with Crippen molar-refractivity contribution in [2.24, 2.45) is 10.8 Å². The Labute approximate surface area is 161 Å². The van der Waals surface area contributed by atoms with Crippen molar-refractivity contribution < 1.29 is 0 Å². The summed E-state index contributed by atoms with van der Waals surface area (Å²) in [6.07, 6.45) is 25.8. The predicted molar refractivity (Wildman–Crippen MR) is 117 cm³/mol. The molecule has 25 heavy (non-hydrogen) atoms. The Kier molecular flexibility index (Phi) is 14.7. The Morgan fingerprint density at radius 2 is 0.920 bits per heavy atom. The first-order valence-corrected chi connectivity index (χ1v) is 11.4. The number of rotatable bonds is 16. The van der Waals surface area contributed by atoms with Crippen molar-refractivity contribution in [2.45, 2.75) is 138 Å². The minimum Gasteiger partial charge on any atom is -0.0917 e. The van der Waals surface area contributed by atoms with Gasteiger partial charge in [0.25, 0.3) is 0 Å². The Bertz CT molecular complexity index is 302. The third-order valence-corrected chi connectivity index (χ3v) is 5.50. The van der Waals surface area contributed by atoms with Crippen LogP contribution in [0.4, 0.5) is 0 Å². The topological polar surface area (TPSA) is 0 Å². The van der Waals surface area contributed by atoms with Gasteiger partial charge in [0, 0.05) is 0 Å². The maximum absolute atomic E-state index is 2.44. The first kappa shape index (κ1) is 24.7. The van der Waals surface area contributed by atoms with Crippen LogP contribution >= 0.6 is 0 Å². The second-order valence-corrected chi connectivity index (χ2v) is 10.2. The predicted octanol–water partition coefficient (Wildman–Crippen LogP) is 9.49. The summed E-state index contributed by atoms with van der Waals surface area (Å²) in [5.74, 6) is 0. The van der Waals surface area contributed by atoms with E-state index in [9.17, 15) is 0 Å².